The Hall–Kier alpha value is -3.01. The zero-order chi connectivity index (χ0) is 16.8. The van der Waals surface area contributed by atoms with Crippen LogP contribution in [0.25, 0.3) is 0 Å². The quantitative estimate of drug-likeness (QED) is 0.525. The highest BCUT2D eigenvalue weighted by Crippen LogP contribution is 2.19. The Bertz CT molecular complexity index is 814. The van der Waals surface area contributed by atoms with Crippen LogP contribution in [0.15, 0.2) is 72.0 Å². The van der Waals surface area contributed by atoms with E-state index in [-0.39, 0.29) is 0 Å². The number of hydrogen-bond acceptors (Lipinski definition) is 4. The Kier molecular flexibility index (Phi) is 4.96. The van der Waals surface area contributed by atoms with Crippen LogP contribution in [0.5, 0.6) is 0 Å². The van der Waals surface area contributed by atoms with Crippen LogP contribution in [0.2, 0.25) is 0 Å². The van der Waals surface area contributed by atoms with Crippen molar-refractivity contribution in [3.63, 3.8) is 0 Å². The molecule has 3 rings (SSSR count). The Morgan fingerprint density at radius 2 is 1.62 bits per heavy atom. The summed E-state index contributed by atoms with van der Waals surface area (Å²) in [5, 5.41) is 6.57. The standard InChI is InChI=1S/C20H20N4/c1-16-13-21-17(2)20(23-16)24(15-19-11-7-4-8-12-19)22-14-18-9-5-3-6-10-18/h3-14H,15H2,1-2H3/b22-14+. The Morgan fingerprint density at radius 3 is 2.33 bits per heavy atom. The molecule has 0 aliphatic rings. The van der Waals surface area contributed by atoms with Gasteiger partial charge in [0.15, 0.2) is 5.82 Å². The van der Waals surface area contributed by atoms with Gasteiger partial charge in [-0.1, -0.05) is 60.7 Å². The molecule has 4 nitrogen and oxygen atoms in total. The van der Waals surface area contributed by atoms with E-state index in [4.69, 9.17) is 0 Å². The molecular weight excluding hydrogens is 296 g/mol. The summed E-state index contributed by atoms with van der Waals surface area (Å²) in [6.07, 6.45) is 3.63. The van der Waals surface area contributed by atoms with Gasteiger partial charge in [-0.05, 0) is 25.0 Å². The van der Waals surface area contributed by atoms with Crippen molar-refractivity contribution in [1.82, 2.24) is 9.97 Å². The van der Waals surface area contributed by atoms with Gasteiger partial charge < -0.3 is 0 Å². The minimum absolute atomic E-state index is 0.642. The average molecular weight is 316 g/mol. The van der Waals surface area contributed by atoms with Gasteiger partial charge in [0.05, 0.1) is 24.1 Å². The first-order valence-corrected chi connectivity index (χ1v) is 7.93. The molecule has 0 saturated heterocycles. The van der Waals surface area contributed by atoms with E-state index < -0.39 is 0 Å². The number of aryl methyl sites for hydroxylation is 2. The highest BCUT2D eigenvalue weighted by Gasteiger charge is 2.12. The molecule has 24 heavy (non-hydrogen) atoms. The van der Waals surface area contributed by atoms with E-state index in [2.05, 4.69) is 27.2 Å². The molecule has 0 spiro atoms. The first kappa shape index (κ1) is 15.9. The van der Waals surface area contributed by atoms with Gasteiger partial charge in [-0.2, -0.15) is 5.10 Å². The molecule has 3 aromatic rings. The molecule has 0 aliphatic carbocycles. The van der Waals surface area contributed by atoms with Crippen molar-refractivity contribution in [2.24, 2.45) is 5.10 Å². The number of nitrogens with zero attached hydrogens (tertiary/aromatic N) is 4. The molecular formula is C20H20N4. The highest BCUT2D eigenvalue weighted by atomic mass is 15.5. The summed E-state index contributed by atoms with van der Waals surface area (Å²) in [6, 6.07) is 20.3. The summed E-state index contributed by atoms with van der Waals surface area (Å²) in [5.74, 6) is 0.783. The second-order valence-corrected chi connectivity index (χ2v) is 5.62. The Balaban J connectivity index is 1.94. The molecule has 0 N–H and O–H groups in total. The maximum Gasteiger partial charge on any atom is 0.171 e. The monoisotopic (exact) mass is 316 g/mol. The van der Waals surface area contributed by atoms with Gasteiger partial charge in [-0.3, -0.25) is 4.98 Å². The molecule has 0 radical (unpaired) electrons. The number of aromatic nitrogens is 2. The predicted molar refractivity (Wildman–Crippen MR) is 98.2 cm³/mol. The molecule has 0 fully saturated rings. The van der Waals surface area contributed by atoms with Crippen molar-refractivity contribution < 1.29 is 0 Å². The van der Waals surface area contributed by atoms with Crippen LogP contribution in [-0.4, -0.2) is 16.2 Å². The lowest BCUT2D eigenvalue weighted by atomic mass is 10.2. The zero-order valence-electron chi connectivity index (χ0n) is 13.9. The van der Waals surface area contributed by atoms with E-state index in [1.54, 1.807) is 6.20 Å². The minimum Gasteiger partial charge on any atom is -0.256 e. The molecule has 120 valence electrons. The van der Waals surface area contributed by atoms with Crippen LogP contribution in [-0.2, 0) is 6.54 Å². The fraction of sp³-hybridized carbons (Fsp3) is 0.150. The maximum absolute atomic E-state index is 4.67. The second kappa shape index (κ2) is 7.51. The van der Waals surface area contributed by atoms with Gasteiger partial charge in [-0.25, -0.2) is 9.99 Å². The van der Waals surface area contributed by atoms with Crippen LogP contribution in [0.4, 0.5) is 5.82 Å². The molecule has 1 heterocycles. The fourth-order valence-electron chi connectivity index (χ4n) is 2.37. The highest BCUT2D eigenvalue weighted by molar-refractivity contribution is 5.80. The van der Waals surface area contributed by atoms with Crippen molar-refractivity contribution in [3.8, 4) is 0 Å². The van der Waals surface area contributed by atoms with Crippen LogP contribution >= 0.6 is 0 Å². The first-order chi connectivity index (χ1) is 11.7. The van der Waals surface area contributed by atoms with Gasteiger partial charge in [-0.15, -0.1) is 0 Å². The predicted octanol–water partition coefficient (Wildman–Crippen LogP) is 4.13. The molecule has 0 amide bonds. The molecule has 0 bridgehead atoms. The van der Waals surface area contributed by atoms with E-state index in [9.17, 15) is 0 Å². The summed E-state index contributed by atoms with van der Waals surface area (Å²) in [5.41, 5.74) is 3.96. The summed E-state index contributed by atoms with van der Waals surface area (Å²) < 4.78 is 0. The van der Waals surface area contributed by atoms with E-state index in [0.717, 1.165) is 22.8 Å². The molecule has 0 atom stereocenters. The topological polar surface area (TPSA) is 41.4 Å². The van der Waals surface area contributed by atoms with Crippen LogP contribution in [0.3, 0.4) is 0 Å². The maximum atomic E-state index is 4.67. The van der Waals surface area contributed by atoms with Crippen molar-refractivity contribution in [1.29, 1.82) is 0 Å². The third kappa shape index (κ3) is 4.04. The van der Waals surface area contributed by atoms with Gasteiger partial charge in [0, 0.05) is 6.20 Å². The van der Waals surface area contributed by atoms with Crippen molar-refractivity contribution >= 4 is 12.0 Å². The Labute approximate surface area is 142 Å². The number of rotatable bonds is 5. The minimum atomic E-state index is 0.642. The smallest absolute Gasteiger partial charge is 0.171 e. The normalized spacial score (nSPS) is 10.9. The summed E-state index contributed by atoms with van der Waals surface area (Å²) in [6.45, 7) is 4.54. The van der Waals surface area contributed by atoms with Crippen molar-refractivity contribution in [3.05, 3.63) is 89.4 Å². The largest absolute Gasteiger partial charge is 0.256 e. The number of hydrogen-bond donors (Lipinski definition) is 0. The molecule has 1 aromatic heterocycles. The Morgan fingerprint density at radius 1 is 0.958 bits per heavy atom. The summed E-state index contributed by atoms with van der Waals surface area (Å²) >= 11 is 0. The van der Waals surface area contributed by atoms with Gasteiger partial charge in [0.25, 0.3) is 0 Å². The summed E-state index contributed by atoms with van der Waals surface area (Å²) in [7, 11) is 0. The first-order valence-electron chi connectivity index (χ1n) is 7.93. The molecule has 0 aliphatic heterocycles. The lowest BCUT2D eigenvalue weighted by Crippen LogP contribution is -2.19. The lowest BCUT2D eigenvalue weighted by Gasteiger charge is -2.20. The number of benzene rings is 2. The van der Waals surface area contributed by atoms with Gasteiger partial charge in [0.2, 0.25) is 0 Å². The van der Waals surface area contributed by atoms with E-state index in [1.165, 1.54) is 5.56 Å². The van der Waals surface area contributed by atoms with Gasteiger partial charge in [0.1, 0.15) is 0 Å². The second-order valence-electron chi connectivity index (χ2n) is 5.62. The fourth-order valence-corrected chi connectivity index (χ4v) is 2.37. The third-order valence-corrected chi connectivity index (χ3v) is 3.62. The van der Waals surface area contributed by atoms with E-state index in [0.29, 0.717) is 6.54 Å². The molecule has 2 aromatic carbocycles. The third-order valence-electron chi connectivity index (χ3n) is 3.62. The van der Waals surface area contributed by atoms with E-state index >= 15 is 0 Å². The van der Waals surface area contributed by atoms with Crippen molar-refractivity contribution in [2.75, 3.05) is 5.01 Å². The molecule has 4 heteroatoms. The van der Waals surface area contributed by atoms with Crippen LogP contribution < -0.4 is 5.01 Å². The number of hydrazone groups is 1. The zero-order valence-corrected chi connectivity index (χ0v) is 13.9. The van der Waals surface area contributed by atoms with E-state index in [1.807, 2.05) is 73.6 Å². The van der Waals surface area contributed by atoms with Crippen LogP contribution in [0, 0.1) is 13.8 Å². The SMILES string of the molecule is Cc1cnc(C)c(N(Cc2ccccc2)/N=C/c2ccccc2)n1. The molecule has 0 saturated carbocycles. The summed E-state index contributed by atoms with van der Waals surface area (Å²) in [4.78, 5) is 9.05. The van der Waals surface area contributed by atoms with Crippen molar-refractivity contribution in [2.45, 2.75) is 20.4 Å². The molecule has 0 unspecified atom stereocenters. The van der Waals surface area contributed by atoms with Crippen LogP contribution in [0.1, 0.15) is 22.5 Å². The van der Waals surface area contributed by atoms with Gasteiger partial charge >= 0.3 is 0 Å². The lowest BCUT2D eigenvalue weighted by molar-refractivity contribution is 0.817. The average Bonchev–Trinajstić information content (AvgIpc) is 2.62. The number of anilines is 1.